The van der Waals surface area contributed by atoms with Crippen molar-refractivity contribution in [2.75, 3.05) is 10.6 Å². The molecule has 20 heavy (non-hydrogen) atoms. The number of benzene rings is 2. The summed E-state index contributed by atoms with van der Waals surface area (Å²) in [6.45, 7) is 8.04. The summed E-state index contributed by atoms with van der Waals surface area (Å²) in [7, 11) is 0. The Labute approximate surface area is 120 Å². The van der Waals surface area contributed by atoms with Crippen molar-refractivity contribution in [3.63, 3.8) is 0 Å². The van der Waals surface area contributed by atoms with Crippen molar-refractivity contribution in [3.8, 4) is 0 Å². The fraction of sp³-hybridized carbons (Fsp3) is 0.235. The number of hydrogen-bond donors (Lipinski definition) is 2. The SMILES string of the molecule is Cc1ccc(NC(=O)Nc2ccc(C)cc2C)c(C)c1. The molecule has 3 nitrogen and oxygen atoms in total. The molecule has 0 heterocycles. The number of rotatable bonds is 2. The molecule has 3 heteroatoms. The summed E-state index contributed by atoms with van der Waals surface area (Å²) in [5.41, 5.74) is 6.14. The first-order valence-corrected chi connectivity index (χ1v) is 6.68. The van der Waals surface area contributed by atoms with Crippen LogP contribution in [0.25, 0.3) is 0 Å². The number of hydrogen-bond acceptors (Lipinski definition) is 1. The van der Waals surface area contributed by atoms with Crippen LogP contribution in [0.3, 0.4) is 0 Å². The van der Waals surface area contributed by atoms with Crippen LogP contribution < -0.4 is 10.6 Å². The minimum atomic E-state index is -0.219. The normalized spacial score (nSPS) is 10.2. The summed E-state index contributed by atoms with van der Waals surface area (Å²) < 4.78 is 0. The van der Waals surface area contributed by atoms with Gasteiger partial charge in [-0.3, -0.25) is 0 Å². The second kappa shape index (κ2) is 5.78. The first kappa shape index (κ1) is 14.1. The van der Waals surface area contributed by atoms with Crippen molar-refractivity contribution >= 4 is 17.4 Å². The van der Waals surface area contributed by atoms with Gasteiger partial charge in [0, 0.05) is 11.4 Å². The number of nitrogens with one attached hydrogen (secondary N) is 2. The van der Waals surface area contributed by atoms with Crippen LogP contribution in [-0.2, 0) is 0 Å². The molecule has 0 aliphatic heterocycles. The van der Waals surface area contributed by atoms with Crippen LogP contribution in [0.1, 0.15) is 22.3 Å². The second-order valence-electron chi connectivity index (χ2n) is 5.22. The third-order valence-corrected chi connectivity index (χ3v) is 3.26. The maximum absolute atomic E-state index is 12.0. The van der Waals surface area contributed by atoms with Gasteiger partial charge in [-0.1, -0.05) is 35.4 Å². The monoisotopic (exact) mass is 268 g/mol. The summed E-state index contributed by atoms with van der Waals surface area (Å²) in [6.07, 6.45) is 0. The predicted molar refractivity (Wildman–Crippen MR) is 84.5 cm³/mol. The van der Waals surface area contributed by atoms with Gasteiger partial charge in [0.25, 0.3) is 0 Å². The molecule has 0 radical (unpaired) electrons. The molecule has 0 saturated heterocycles. The van der Waals surface area contributed by atoms with Gasteiger partial charge in [0.2, 0.25) is 0 Å². The van der Waals surface area contributed by atoms with E-state index in [1.807, 2.05) is 64.1 Å². The summed E-state index contributed by atoms with van der Waals surface area (Å²) in [4.78, 5) is 12.0. The molecule has 0 aromatic heterocycles. The molecule has 0 unspecified atom stereocenters. The predicted octanol–water partition coefficient (Wildman–Crippen LogP) is 4.56. The van der Waals surface area contributed by atoms with Crippen LogP contribution in [0.5, 0.6) is 0 Å². The Balaban J connectivity index is 2.09. The lowest BCUT2D eigenvalue weighted by Gasteiger charge is -2.12. The average Bonchev–Trinajstić information content (AvgIpc) is 2.36. The van der Waals surface area contributed by atoms with Gasteiger partial charge < -0.3 is 10.6 Å². The summed E-state index contributed by atoms with van der Waals surface area (Å²) in [6, 6.07) is 11.7. The van der Waals surface area contributed by atoms with E-state index < -0.39 is 0 Å². The van der Waals surface area contributed by atoms with Crippen LogP contribution >= 0.6 is 0 Å². The van der Waals surface area contributed by atoms with Gasteiger partial charge in [0.05, 0.1) is 0 Å². The number of carbonyl (C=O) groups excluding carboxylic acids is 1. The zero-order chi connectivity index (χ0) is 14.7. The third-order valence-electron chi connectivity index (χ3n) is 3.26. The smallest absolute Gasteiger partial charge is 0.307 e. The molecule has 2 N–H and O–H groups in total. The number of urea groups is 1. The second-order valence-corrected chi connectivity index (χ2v) is 5.22. The number of aryl methyl sites for hydroxylation is 4. The minimum Gasteiger partial charge on any atom is -0.307 e. The Morgan fingerprint density at radius 1 is 0.750 bits per heavy atom. The van der Waals surface area contributed by atoms with Crippen LogP contribution in [0, 0.1) is 27.7 Å². The van der Waals surface area contributed by atoms with E-state index in [0.717, 1.165) is 22.5 Å². The van der Waals surface area contributed by atoms with E-state index in [1.165, 1.54) is 11.1 Å². The van der Waals surface area contributed by atoms with Gasteiger partial charge in [-0.2, -0.15) is 0 Å². The third kappa shape index (κ3) is 3.38. The van der Waals surface area contributed by atoms with Gasteiger partial charge in [-0.05, 0) is 51.0 Å². The maximum Gasteiger partial charge on any atom is 0.323 e. The highest BCUT2D eigenvalue weighted by atomic mass is 16.2. The minimum absolute atomic E-state index is 0.219. The number of carbonyl (C=O) groups is 1. The van der Waals surface area contributed by atoms with Crippen LogP contribution in [0.4, 0.5) is 16.2 Å². The lowest BCUT2D eigenvalue weighted by Crippen LogP contribution is -2.20. The highest BCUT2D eigenvalue weighted by Crippen LogP contribution is 2.18. The Kier molecular flexibility index (Phi) is 4.08. The Bertz CT molecular complexity index is 592. The van der Waals surface area contributed by atoms with Crippen molar-refractivity contribution in [1.29, 1.82) is 0 Å². The van der Waals surface area contributed by atoms with E-state index >= 15 is 0 Å². The summed E-state index contributed by atoms with van der Waals surface area (Å²) in [5, 5.41) is 5.76. The molecule has 0 aliphatic rings. The van der Waals surface area contributed by atoms with E-state index in [-0.39, 0.29) is 6.03 Å². The molecule has 2 rings (SSSR count). The van der Waals surface area contributed by atoms with Gasteiger partial charge >= 0.3 is 6.03 Å². The first-order chi connectivity index (χ1) is 9.45. The summed E-state index contributed by atoms with van der Waals surface area (Å²) >= 11 is 0. The van der Waals surface area contributed by atoms with Crippen molar-refractivity contribution in [2.45, 2.75) is 27.7 Å². The van der Waals surface area contributed by atoms with Crippen LogP contribution in [-0.4, -0.2) is 6.03 Å². The Morgan fingerprint density at radius 2 is 1.15 bits per heavy atom. The maximum atomic E-state index is 12.0. The largest absolute Gasteiger partial charge is 0.323 e. The van der Waals surface area contributed by atoms with E-state index in [1.54, 1.807) is 0 Å². The lowest BCUT2D eigenvalue weighted by molar-refractivity contribution is 0.262. The molecule has 0 bridgehead atoms. The molecule has 0 aliphatic carbocycles. The molecule has 0 atom stereocenters. The fourth-order valence-corrected chi connectivity index (χ4v) is 2.18. The molecule has 2 amide bonds. The summed E-state index contributed by atoms with van der Waals surface area (Å²) in [5.74, 6) is 0. The lowest BCUT2D eigenvalue weighted by atomic mass is 10.1. The van der Waals surface area contributed by atoms with Crippen molar-refractivity contribution in [1.82, 2.24) is 0 Å². The average molecular weight is 268 g/mol. The van der Waals surface area contributed by atoms with Crippen molar-refractivity contribution in [2.24, 2.45) is 0 Å². The Morgan fingerprint density at radius 3 is 1.50 bits per heavy atom. The topological polar surface area (TPSA) is 41.1 Å². The zero-order valence-corrected chi connectivity index (χ0v) is 12.4. The molecule has 2 aromatic rings. The number of anilines is 2. The van der Waals surface area contributed by atoms with Crippen LogP contribution in [0.15, 0.2) is 36.4 Å². The van der Waals surface area contributed by atoms with E-state index in [0.29, 0.717) is 0 Å². The molecular weight excluding hydrogens is 248 g/mol. The van der Waals surface area contributed by atoms with Gasteiger partial charge in [0.15, 0.2) is 0 Å². The Hall–Kier alpha value is -2.29. The molecule has 0 fully saturated rings. The van der Waals surface area contributed by atoms with Crippen molar-refractivity contribution < 1.29 is 4.79 Å². The number of amides is 2. The van der Waals surface area contributed by atoms with Gasteiger partial charge in [0.1, 0.15) is 0 Å². The fourth-order valence-electron chi connectivity index (χ4n) is 2.18. The van der Waals surface area contributed by atoms with Gasteiger partial charge in [-0.15, -0.1) is 0 Å². The highest BCUT2D eigenvalue weighted by molar-refractivity contribution is 6.00. The molecule has 104 valence electrons. The van der Waals surface area contributed by atoms with Gasteiger partial charge in [-0.25, -0.2) is 4.79 Å². The molecule has 0 spiro atoms. The standard InChI is InChI=1S/C17H20N2O/c1-11-5-7-15(13(3)9-11)18-17(20)19-16-8-6-12(2)10-14(16)4/h5-10H,1-4H3,(H2,18,19,20). The quantitative estimate of drug-likeness (QED) is 0.823. The van der Waals surface area contributed by atoms with E-state index in [4.69, 9.17) is 0 Å². The van der Waals surface area contributed by atoms with E-state index in [9.17, 15) is 4.79 Å². The first-order valence-electron chi connectivity index (χ1n) is 6.68. The van der Waals surface area contributed by atoms with E-state index in [2.05, 4.69) is 10.6 Å². The molecule has 0 saturated carbocycles. The van der Waals surface area contributed by atoms with Crippen LogP contribution in [0.2, 0.25) is 0 Å². The molecule has 2 aromatic carbocycles. The highest BCUT2D eigenvalue weighted by Gasteiger charge is 2.06. The zero-order valence-electron chi connectivity index (χ0n) is 12.4. The molecular formula is C17H20N2O. The van der Waals surface area contributed by atoms with Crippen molar-refractivity contribution in [3.05, 3.63) is 58.7 Å².